The fourth-order valence-electron chi connectivity index (χ4n) is 6.06. The fraction of sp³-hybridized carbons (Fsp3) is 0.567. The van der Waals surface area contributed by atoms with Crippen molar-refractivity contribution in [1.82, 2.24) is 25.0 Å². The van der Waals surface area contributed by atoms with Crippen LogP contribution >= 0.6 is 0 Å². The summed E-state index contributed by atoms with van der Waals surface area (Å²) in [6, 6.07) is 4.61. The number of ether oxygens (including phenoxy) is 2. The standard InChI is InChI=1S/C30H44N6O4/c1-8-22-23(29(37)31-17-25-27(40-7)15-19(2)33-30(25)38)16-26-24(18-32-36(26)5)28(22)35(4)21-11-9-20(10-12-21)34(3)13-14-39-6/h15-16,18,20-21H,8-14,17H2,1-7H3,(H,31,37)(H,33,38). The Morgan fingerprint density at radius 3 is 2.50 bits per heavy atom. The van der Waals surface area contributed by atoms with Crippen molar-refractivity contribution in [2.45, 2.75) is 64.6 Å². The van der Waals surface area contributed by atoms with Crippen LogP contribution in [0.25, 0.3) is 10.9 Å². The summed E-state index contributed by atoms with van der Waals surface area (Å²) in [5.74, 6) is 0.239. The number of nitrogens with one attached hydrogen (secondary N) is 2. The lowest BCUT2D eigenvalue weighted by atomic mass is 9.88. The molecular formula is C30H44N6O4. The molecule has 0 radical (unpaired) electrons. The van der Waals surface area contributed by atoms with Gasteiger partial charge in [0.25, 0.3) is 11.5 Å². The highest BCUT2D eigenvalue weighted by atomic mass is 16.5. The molecule has 0 unspecified atom stereocenters. The van der Waals surface area contributed by atoms with Crippen molar-refractivity contribution in [2.24, 2.45) is 7.05 Å². The zero-order valence-corrected chi connectivity index (χ0v) is 25.0. The molecular weight excluding hydrogens is 508 g/mol. The van der Waals surface area contributed by atoms with Crippen LogP contribution in [0.1, 0.15) is 59.8 Å². The summed E-state index contributed by atoms with van der Waals surface area (Å²) >= 11 is 0. The van der Waals surface area contributed by atoms with Crippen molar-refractivity contribution >= 4 is 22.5 Å². The summed E-state index contributed by atoms with van der Waals surface area (Å²) in [5.41, 5.74) is 4.41. The molecule has 10 nitrogen and oxygen atoms in total. The van der Waals surface area contributed by atoms with Gasteiger partial charge in [-0.2, -0.15) is 5.10 Å². The first kappa shape index (κ1) is 29.6. The van der Waals surface area contributed by atoms with Gasteiger partial charge in [0.05, 0.1) is 43.2 Å². The molecule has 1 aliphatic rings. The number of pyridine rings is 1. The fourth-order valence-corrected chi connectivity index (χ4v) is 6.06. The first-order chi connectivity index (χ1) is 19.2. The Bertz CT molecular complexity index is 1390. The van der Waals surface area contributed by atoms with Crippen molar-refractivity contribution in [2.75, 3.05) is 46.4 Å². The van der Waals surface area contributed by atoms with Crippen LogP contribution in [0.2, 0.25) is 0 Å². The second kappa shape index (κ2) is 12.9. The number of rotatable bonds is 11. The van der Waals surface area contributed by atoms with Gasteiger partial charge in [-0.05, 0) is 63.8 Å². The number of fused-ring (bicyclic) bond motifs is 1. The van der Waals surface area contributed by atoms with E-state index in [0.29, 0.717) is 41.1 Å². The molecule has 218 valence electrons. The van der Waals surface area contributed by atoms with Gasteiger partial charge in [-0.1, -0.05) is 6.92 Å². The Kier molecular flexibility index (Phi) is 9.52. The third-order valence-electron chi connectivity index (χ3n) is 8.44. The zero-order chi connectivity index (χ0) is 29.0. The predicted molar refractivity (Wildman–Crippen MR) is 159 cm³/mol. The molecule has 40 heavy (non-hydrogen) atoms. The van der Waals surface area contributed by atoms with Crippen molar-refractivity contribution in [1.29, 1.82) is 0 Å². The molecule has 0 atom stereocenters. The van der Waals surface area contributed by atoms with E-state index in [9.17, 15) is 9.59 Å². The molecule has 1 amide bonds. The molecule has 1 fully saturated rings. The van der Waals surface area contributed by atoms with E-state index in [1.54, 1.807) is 20.1 Å². The topological polar surface area (TPSA) is 105 Å². The molecule has 0 spiro atoms. The van der Waals surface area contributed by atoms with E-state index in [2.05, 4.69) is 46.2 Å². The first-order valence-electron chi connectivity index (χ1n) is 14.1. The molecule has 2 heterocycles. The van der Waals surface area contributed by atoms with Crippen LogP contribution in [-0.4, -0.2) is 79.1 Å². The Labute approximate surface area is 236 Å². The molecule has 1 saturated carbocycles. The van der Waals surface area contributed by atoms with Crippen LogP contribution in [-0.2, 0) is 24.8 Å². The lowest BCUT2D eigenvalue weighted by Crippen LogP contribution is -2.43. The maximum absolute atomic E-state index is 13.7. The van der Waals surface area contributed by atoms with Gasteiger partial charge in [-0.3, -0.25) is 14.3 Å². The van der Waals surface area contributed by atoms with Crippen LogP contribution in [0.4, 0.5) is 5.69 Å². The molecule has 2 aromatic heterocycles. The summed E-state index contributed by atoms with van der Waals surface area (Å²) in [4.78, 5) is 33.9. The normalized spacial score (nSPS) is 17.4. The van der Waals surface area contributed by atoms with Crippen LogP contribution < -0.4 is 20.5 Å². The van der Waals surface area contributed by atoms with Gasteiger partial charge in [-0.25, -0.2) is 0 Å². The third kappa shape index (κ3) is 6.02. The quantitative estimate of drug-likeness (QED) is 0.376. The van der Waals surface area contributed by atoms with Crippen LogP contribution in [0.5, 0.6) is 5.75 Å². The number of nitrogens with zero attached hydrogens (tertiary/aromatic N) is 4. The summed E-state index contributed by atoms with van der Waals surface area (Å²) < 4.78 is 12.5. The number of methoxy groups -OCH3 is 2. The molecule has 1 aromatic carbocycles. The second-order valence-corrected chi connectivity index (χ2v) is 10.9. The molecule has 1 aliphatic carbocycles. The number of benzene rings is 1. The van der Waals surface area contributed by atoms with Gasteiger partial charge < -0.3 is 29.6 Å². The SMILES string of the molecule is CCc1c(C(=O)NCc2c(OC)cc(C)[nH]c2=O)cc2c(cnn2C)c1N(C)C1CCC(N(C)CCOC)CC1. The van der Waals surface area contributed by atoms with E-state index in [-0.39, 0.29) is 18.0 Å². The monoisotopic (exact) mass is 552 g/mol. The van der Waals surface area contributed by atoms with E-state index < -0.39 is 0 Å². The summed E-state index contributed by atoms with van der Waals surface area (Å²) in [6.45, 7) is 5.63. The largest absolute Gasteiger partial charge is 0.496 e. The summed E-state index contributed by atoms with van der Waals surface area (Å²) in [7, 11) is 9.51. The Balaban J connectivity index is 1.62. The highest BCUT2D eigenvalue weighted by Crippen LogP contribution is 2.37. The Hall–Kier alpha value is -3.37. The van der Waals surface area contributed by atoms with E-state index >= 15 is 0 Å². The smallest absolute Gasteiger partial charge is 0.256 e. The minimum Gasteiger partial charge on any atom is -0.496 e. The van der Waals surface area contributed by atoms with E-state index in [0.717, 1.165) is 61.0 Å². The summed E-state index contributed by atoms with van der Waals surface area (Å²) in [5, 5.41) is 8.57. The minimum absolute atomic E-state index is 0.0654. The number of aryl methyl sites for hydroxylation is 2. The number of hydrogen-bond donors (Lipinski definition) is 2. The number of carbonyl (C=O) groups excluding carboxylic acids is 1. The van der Waals surface area contributed by atoms with E-state index in [4.69, 9.17) is 9.47 Å². The van der Waals surface area contributed by atoms with Crippen molar-refractivity contribution in [3.8, 4) is 5.75 Å². The number of likely N-dealkylation sites (N-methyl/N-ethyl adjacent to an activating group) is 1. The molecule has 0 saturated heterocycles. The Morgan fingerprint density at radius 2 is 1.85 bits per heavy atom. The Morgan fingerprint density at radius 1 is 1.15 bits per heavy atom. The molecule has 0 bridgehead atoms. The highest BCUT2D eigenvalue weighted by molar-refractivity contribution is 6.05. The van der Waals surface area contributed by atoms with Crippen molar-refractivity contribution < 1.29 is 14.3 Å². The van der Waals surface area contributed by atoms with Gasteiger partial charge in [0.15, 0.2) is 0 Å². The van der Waals surface area contributed by atoms with Crippen LogP contribution in [0.3, 0.4) is 0 Å². The summed E-state index contributed by atoms with van der Waals surface area (Å²) in [6.07, 6.45) is 7.01. The van der Waals surface area contributed by atoms with Gasteiger partial charge in [0.1, 0.15) is 5.75 Å². The molecule has 10 heteroatoms. The van der Waals surface area contributed by atoms with Gasteiger partial charge in [0, 0.05) is 56.5 Å². The minimum atomic E-state index is -0.265. The number of amides is 1. The maximum Gasteiger partial charge on any atom is 0.256 e. The van der Waals surface area contributed by atoms with Gasteiger partial charge in [0.2, 0.25) is 0 Å². The molecule has 0 aliphatic heterocycles. The number of aromatic amines is 1. The van der Waals surface area contributed by atoms with Crippen LogP contribution in [0.15, 0.2) is 23.1 Å². The van der Waals surface area contributed by atoms with Gasteiger partial charge >= 0.3 is 0 Å². The predicted octanol–water partition coefficient (Wildman–Crippen LogP) is 3.40. The molecule has 2 N–H and O–H groups in total. The number of hydrogen-bond acceptors (Lipinski definition) is 7. The third-order valence-corrected chi connectivity index (χ3v) is 8.44. The van der Waals surface area contributed by atoms with Gasteiger partial charge in [-0.15, -0.1) is 0 Å². The van der Waals surface area contributed by atoms with Crippen molar-refractivity contribution in [3.63, 3.8) is 0 Å². The van der Waals surface area contributed by atoms with Crippen LogP contribution in [0, 0.1) is 6.92 Å². The van der Waals surface area contributed by atoms with Crippen molar-refractivity contribution in [3.05, 3.63) is 51.1 Å². The second-order valence-electron chi connectivity index (χ2n) is 10.9. The number of aromatic nitrogens is 3. The zero-order valence-electron chi connectivity index (χ0n) is 25.0. The first-order valence-corrected chi connectivity index (χ1v) is 14.1. The average molecular weight is 553 g/mol. The highest BCUT2D eigenvalue weighted by Gasteiger charge is 2.30. The lowest BCUT2D eigenvalue weighted by Gasteiger charge is -2.40. The number of anilines is 1. The average Bonchev–Trinajstić information content (AvgIpc) is 3.33. The maximum atomic E-state index is 13.7. The molecule has 3 aromatic rings. The number of H-pyrrole nitrogens is 1. The molecule has 4 rings (SSSR count). The van der Waals surface area contributed by atoms with E-state index in [1.807, 2.05) is 24.0 Å². The van der Waals surface area contributed by atoms with E-state index in [1.165, 1.54) is 7.11 Å². The number of carbonyl (C=O) groups is 1. The lowest BCUT2D eigenvalue weighted by molar-refractivity contribution is 0.0949.